The lowest BCUT2D eigenvalue weighted by molar-refractivity contribution is -0.108. The number of fused-ring (bicyclic) bond motifs is 1. The highest BCUT2D eigenvalue weighted by Gasteiger charge is 2.18. The zero-order valence-corrected chi connectivity index (χ0v) is 21.1. The molecule has 1 N–H and O–H groups in total. The summed E-state index contributed by atoms with van der Waals surface area (Å²) in [6.07, 6.45) is 0.742. The van der Waals surface area contributed by atoms with Crippen molar-refractivity contribution in [1.29, 1.82) is 0 Å². The number of amides is 1. The Kier molecular flexibility index (Phi) is 9.72. The Balaban J connectivity index is 0.000000444. The minimum Gasteiger partial charge on any atom is -0.351 e. The van der Waals surface area contributed by atoms with E-state index in [4.69, 9.17) is 0 Å². The van der Waals surface area contributed by atoms with Gasteiger partial charge in [0.1, 0.15) is 12.0 Å². The number of aldehydes is 1. The molecule has 186 valence electrons. The van der Waals surface area contributed by atoms with E-state index in [1.807, 2.05) is 43.4 Å². The summed E-state index contributed by atoms with van der Waals surface area (Å²) in [6, 6.07) is 27.4. The van der Waals surface area contributed by atoms with Gasteiger partial charge in [-0.25, -0.2) is 0 Å². The van der Waals surface area contributed by atoms with Crippen molar-refractivity contribution in [3.8, 4) is 0 Å². The summed E-state index contributed by atoms with van der Waals surface area (Å²) in [4.78, 5) is 42.4. The molecule has 0 saturated heterocycles. The van der Waals surface area contributed by atoms with Crippen molar-refractivity contribution in [3.63, 3.8) is 0 Å². The second-order valence-corrected chi connectivity index (χ2v) is 8.84. The van der Waals surface area contributed by atoms with E-state index >= 15 is 0 Å². The summed E-state index contributed by atoms with van der Waals surface area (Å²) in [5.41, 5.74) is 4.31. The van der Waals surface area contributed by atoms with Gasteiger partial charge >= 0.3 is 0 Å². The second-order valence-electron chi connectivity index (χ2n) is 8.84. The first-order chi connectivity index (χ1) is 17.4. The number of rotatable bonds is 9. The first-order valence-electron chi connectivity index (χ1n) is 12.0. The predicted octanol–water partition coefficient (Wildman–Crippen LogP) is 5.14. The van der Waals surface area contributed by atoms with Gasteiger partial charge in [-0.3, -0.25) is 9.59 Å². The van der Waals surface area contributed by atoms with Crippen LogP contribution >= 0.6 is 0 Å². The standard InChI is InChI=1S/C23H25N3O3.C7H8/c1-17(28)19-8-9-21-20(14-19)15-22(24-21)23(29)26(12-13-27)11-10-25(2)16-18-6-4-3-5-7-18;1-7-5-3-2-4-6-7/h3-9,13-15,24H,10-12,16H2,1-2H3;2-6H,1H3. The zero-order chi connectivity index (χ0) is 25.9. The van der Waals surface area contributed by atoms with Crippen LogP contribution in [0.2, 0.25) is 0 Å². The summed E-state index contributed by atoms with van der Waals surface area (Å²) in [5.74, 6) is -0.254. The van der Waals surface area contributed by atoms with Crippen LogP contribution < -0.4 is 0 Å². The Labute approximate surface area is 212 Å². The lowest BCUT2D eigenvalue weighted by atomic mass is 10.1. The summed E-state index contributed by atoms with van der Waals surface area (Å²) in [5, 5.41) is 0.799. The molecular weight excluding hydrogens is 450 g/mol. The SMILES string of the molecule is CC(=O)c1ccc2[nH]c(C(=O)N(CC=O)CCN(C)Cc3ccccc3)cc2c1.Cc1ccccc1. The minimum atomic E-state index is -0.231. The van der Waals surface area contributed by atoms with Crippen LogP contribution in [-0.4, -0.2) is 59.4 Å². The summed E-state index contributed by atoms with van der Waals surface area (Å²) in [7, 11) is 1.99. The van der Waals surface area contributed by atoms with Gasteiger partial charge < -0.3 is 19.6 Å². The number of carbonyl (C=O) groups excluding carboxylic acids is 3. The van der Waals surface area contributed by atoms with Gasteiger partial charge in [-0.05, 0) is 50.7 Å². The van der Waals surface area contributed by atoms with Crippen LogP contribution in [-0.2, 0) is 11.3 Å². The fourth-order valence-electron chi connectivity index (χ4n) is 3.80. The van der Waals surface area contributed by atoms with Gasteiger partial charge in [0.25, 0.3) is 5.91 Å². The topological polar surface area (TPSA) is 73.5 Å². The van der Waals surface area contributed by atoms with Crippen molar-refractivity contribution in [2.45, 2.75) is 20.4 Å². The molecule has 1 aromatic heterocycles. The number of nitrogens with one attached hydrogen (secondary N) is 1. The third-order valence-corrected chi connectivity index (χ3v) is 5.83. The predicted molar refractivity (Wildman–Crippen MR) is 144 cm³/mol. The molecule has 0 spiro atoms. The number of Topliss-reactive ketones (excluding diaryl/α,β-unsaturated/α-hetero) is 1. The smallest absolute Gasteiger partial charge is 0.270 e. The van der Waals surface area contributed by atoms with Crippen LogP contribution in [0.3, 0.4) is 0 Å². The fraction of sp³-hybridized carbons (Fsp3) is 0.233. The molecule has 6 heteroatoms. The number of hydrogen-bond acceptors (Lipinski definition) is 4. The monoisotopic (exact) mass is 483 g/mol. The highest BCUT2D eigenvalue weighted by Crippen LogP contribution is 2.19. The van der Waals surface area contributed by atoms with Crippen LogP contribution in [0.5, 0.6) is 0 Å². The van der Waals surface area contributed by atoms with Gasteiger partial charge in [-0.15, -0.1) is 0 Å². The van der Waals surface area contributed by atoms with Crippen molar-refractivity contribution in [3.05, 3.63) is 107 Å². The first-order valence-corrected chi connectivity index (χ1v) is 12.0. The van der Waals surface area contributed by atoms with Gasteiger partial charge in [0.15, 0.2) is 5.78 Å². The fourth-order valence-corrected chi connectivity index (χ4v) is 3.80. The van der Waals surface area contributed by atoms with Crippen molar-refractivity contribution in [1.82, 2.24) is 14.8 Å². The molecule has 1 heterocycles. The van der Waals surface area contributed by atoms with Crippen LogP contribution in [0.15, 0.2) is 84.9 Å². The largest absolute Gasteiger partial charge is 0.351 e. The van der Waals surface area contributed by atoms with Gasteiger partial charge in [0.05, 0.1) is 6.54 Å². The Bertz CT molecular complexity index is 1280. The number of aromatic nitrogens is 1. The molecule has 0 atom stereocenters. The average Bonchev–Trinajstić information content (AvgIpc) is 3.31. The molecule has 0 radical (unpaired) electrons. The van der Waals surface area contributed by atoms with Gasteiger partial charge in [-0.2, -0.15) is 0 Å². The molecule has 0 aliphatic heterocycles. The van der Waals surface area contributed by atoms with Crippen LogP contribution in [0.1, 0.15) is 38.9 Å². The number of aromatic amines is 1. The lowest BCUT2D eigenvalue weighted by Crippen LogP contribution is -2.38. The second kappa shape index (κ2) is 13.2. The number of nitrogens with zero attached hydrogens (tertiary/aromatic N) is 2. The third kappa shape index (κ3) is 7.75. The third-order valence-electron chi connectivity index (χ3n) is 5.83. The van der Waals surface area contributed by atoms with Gasteiger partial charge in [-0.1, -0.05) is 66.2 Å². The van der Waals surface area contributed by atoms with E-state index in [1.54, 1.807) is 24.3 Å². The Morgan fingerprint density at radius 2 is 1.56 bits per heavy atom. The molecule has 0 fully saturated rings. The molecule has 4 rings (SSSR count). The number of benzene rings is 3. The molecule has 0 unspecified atom stereocenters. The first kappa shape index (κ1) is 26.6. The molecule has 36 heavy (non-hydrogen) atoms. The molecule has 0 saturated carbocycles. The summed E-state index contributed by atoms with van der Waals surface area (Å²) < 4.78 is 0. The van der Waals surface area contributed by atoms with Crippen molar-refractivity contribution >= 4 is 28.9 Å². The van der Waals surface area contributed by atoms with E-state index in [1.165, 1.54) is 23.0 Å². The molecule has 0 bridgehead atoms. The maximum Gasteiger partial charge on any atom is 0.270 e. The lowest BCUT2D eigenvalue weighted by Gasteiger charge is -2.23. The number of H-pyrrole nitrogens is 1. The molecule has 3 aromatic carbocycles. The van der Waals surface area contributed by atoms with E-state index in [0.29, 0.717) is 24.3 Å². The van der Waals surface area contributed by atoms with Crippen molar-refractivity contribution < 1.29 is 14.4 Å². The summed E-state index contributed by atoms with van der Waals surface area (Å²) in [6.45, 7) is 5.48. The van der Waals surface area contributed by atoms with E-state index < -0.39 is 0 Å². The number of carbonyl (C=O) groups is 3. The van der Waals surface area contributed by atoms with E-state index in [9.17, 15) is 14.4 Å². The highest BCUT2D eigenvalue weighted by atomic mass is 16.2. The number of hydrogen-bond donors (Lipinski definition) is 1. The maximum absolute atomic E-state index is 12.9. The zero-order valence-electron chi connectivity index (χ0n) is 21.1. The summed E-state index contributed by atoms with van der Waals surface area (Å²) >= 11 is 0. The van der Waals surface area contributed by atoms with Gasteiger partial charge in [0, 0.05) is 36.1 Å². The normalized spacial score (nSPS) is 10.6. The number of aryl methyl sites for hydroxylation is 1. The van der Waals surface area contributed by atoms with E-state index in [2.05, 4.69) is 41.1 Å². The number of ketones is 1. The molecule has 6 nitrogen and oxygen atoms in total. The van der Waals surface area contributed by atoms with Crippen LogP contribution in [0.4, 0.5) is 0 Å². The maximum atomic E-state index is 12.9. The van der Waals surface area contributed by atoms with E-state index in [0.717, 1.165) is 23.7 Å². The van der Waals surface area contributed by atoms with Crippen molar-refractivity contribution in [2.75, 3.05) is 26.7 Å². The van der Waals surface area contributed by atoms with Crippen molar-refractivity contribution in [2.24, 2.45) is 0 Å². The Morgan fingerprint density at radius 1 is 0.889 bits per heavy atom. The molecule has 0 aliphatic carbocycles. The molecule has 0 aliphatic rings. The quantitative estimate of drug-likeness (QED) is 0.264. The van der Waals surface area contributed by atoms with Crippen LogP contribution in [0.25, 0.3) is 10.9 Å². The molecular formula is C30H33N3O3. The van der Waals surface area contributed by atoms with Crippen LogP contribution in [0, 0.1) is 6.92 Å². The average molecular weight is 484 g/mol. The molecule has 4 aromatic rings. The number of likely N-dealkylation sites (N-methyl/N-ethyl adjacent to an activating group) is 1. The minimum absolute atomic E-state index is 0.0231. The highest BCUT2D eigenvalue weighted by molar-refractivity contribution is 6.02. The van der Waals surface area contributed by atoms with E-state index in [-0.39, 0.29) is 18.2 Å². The van der Waals surface area contributed by atoms with Gasteiger partial charge in [0.2, 0.25) is 0 Å². The Hall–Kier alpha value is -4.03. The Morgan fingerprint density at radius 3 is 2.14 bits per heavy atom. The molecule has 1 amide bonds.